The average molecular weight is 887 g/mol. The standard InChI is InChI=1S/C60H50N2O2Si2/c1-65(2,3)59-47-23-15-13-17-39(47)25-31-53(59)61(43-19-9-7-10-20-43)45-27-29-49-51-33-41-36-56-52(34-42(41)35-55(51)63-57(49)37-45)50-30-28-46(38-58(50)64-56)62(44-21-11-8-12-22-44)54-32-26-40-18-14-16-24-48(40)60(54)66(4,5)6/h7-38H,1-6H3. The van der Waals surface area contributed by atoms with Crippen molar-refractivity contribution in [3.63, 3.8) is 0 Å². The Labute approximate surface area is 386 Å². The van der Waals surface area contributed by atoms with E-state index in [1.807, 2.05) is 0 Å². The fraction of sp³-hybridized carbons (Fsp3) is 0.100. The van der Waals surface area contributed by atoms with E-state index >= 15 is 0 Å². The van der Waals surface area contributed by atoms with Crippen LogP contribution in [0.2, 0.25) is 39.3 Å². The molecule has 10 aromatic carbocycles. The topological polar surface area (TPSA) is 32.8 Å². The Balaban J connectivity index is 0.976. The molecule has 2 aromatic heterocycles. The van der Waals surface area contributed by atoms with Crippen molar-refractivity contribution in [1.29, 1.82) is 0 Å². The molecule has 0 fully saturated rings. The molecule has 0 aliphatic heterocycles. The van der Waals surface area contributed by atoms with Crippen molar-refractivity contribution in [2.24, 2.45) is 0 Å². The van der Waals surface area contributed by atoms with Crippen LogP contribution in [0.4, 0.5) is 34.1 Å². The molecule has 0 bridgehead atoms. The molecule has 0 unspecified atom stereocenters. The van der Waals surface area contributed by atoms with Crippen LogP contribution in [-0.4, -0.2) is 16.1 Å². The Kier molecular flexibility index (Phi) is 9.18. The van der Waals surface area contributed by atoms with Crippen LogP contribution in [0.5, 0.6) is 0 Å². The van der Waals surface area contributed by atoms with Gasteiger partial charge in [-0.3, -0.25) is 0 Å². The molecular weight excluding hydrogens is 837 g/mol. The van der Waals surface area contributed by atoms with E-state index in [1.54, 1.807) is 0 Å². The predicted molar refractivity (Wildman–Crippen MR) is 289 cm³/mol. The Hall–Kier alpha value is -7.39. The molecular formula is C60H50N2O2Si2. The highest BCUT2D eigenvalue weighted by Gasteiger charge is 2.29. The normalized spacial score (nSPS) is 12.4. The molecule has 6 heteroatoms. The van der Waals surface area contributed by atoms with Crippen molar-refractivity contribution in [1.82, 2.24) is 0 Å². The van der Waals surface area contributed by atoms with Gasteiger partial charge in [-0.05, 0) is 128 Å². The van der Waals surface area contributed by atoms with E-state index < -0.39 is 16.1 Å². The molecule has 4 nitrogen and oxygen atoms in total. The van der Waals surface area contributed by atoms with Gasteiger partial charge in [0, 0.05) is 67.8 Å². The summed E-state index contributed by atoms with van der Waals surface area (Å²) < 4.78 is 13.6. The summed E-state index contributed by atoms with van der Waals surface area (Å²) >= 11 is 0. The molecule has 0 amide bonds. The van der Waals surface area contributed by atoms with Gasteiger partial charge in [-0.25, -0.2) is 0 Å². The van der Waals surface area contributed by atoms with Gasteiger partial charge in [0.1, 0.15) is 22.3 Å². The summed E-state index contributed by atoms with van der Waals surface area (Å²) in [5.74, 6) is 0. The first-order chi connectivity index (χ1) is 32.0. The first-order valence-electron chi connectivity index (χ1n) is 23.0. The minimum Gasteiger partial charge on any atom is -0.456 e. The van der Waals surface area contributed by atoms with Crippen molar-refractivity contribution < 1.29 is 8.83 Å². The zero-order chi connectivity index (χ0) is 44.9. The van der Waals surface area contributed by atoms with Crippen LogP contribution in [0.25, 0.3) is 76.2 Å². The lowest BCUT2D eigenvalue weighted by Gasteiger charge is -2.32. The van der Waals surface area contributed by atoms with Crippen molar-refractivity contribution in [3.05, 3.63) is 194 Å². The number of hydrogen-bond donors (Lipinski definition) is 0. The minimum absolute atomic E-state index is 0.863. The van der Waals surface area contributed by atoms with Crippen LogP contribution in [0.3, 0.4) is 0 Å². The monoisotopic (exact) mass is 886 g/mol. The van der Waals surface area contributed by atoms with Crippen molar-refractivity contribution >= 4 is 137 Å². The largest absolute Gasteiger partial charge is 0.456 e. The zero-order valence-corrected chi connectivity index (χ0v) is 40.2. The molecule has 320 valence electrons. The number of nitrogens with zero attached hydrogens (tertiary/aromatic N) is 2. The third kappa shape index (κ3) is 6.62. The summed E-state index contributed by atoms with van der Waals surface area (Å²) in [7, 11) is -3.68. The highest BCUT2D eigenvalue weighted by molar-refractivity contribution is 6.92. The number of fused-ring (bicyclic) bond motifs is 9. The lowest BCUT2D eigenvalue weighted by Crippen LogP contribution is -2.41. The van der Waals surface area contributed by atoms with E-state index in [9.17, 15) is 0 Å². The average Bonchev–Trinajstić information content (AvgIpc) is 3.85. The highest BCUT2D eigenvalue weighted by Crippen LogP contribution is 2.43. The molecule has 66 heavy (non-hydrogen) atoms. The predicted octanol–water partition coefficient (Wildman–Crippen LogP) is 17.0. The lowest BCUT2D eigenvalue weighted by molar-refractivity contribution is 0.668. The third-order valence-electron chi connectivity index (χ3n) is 13.3. The summed E-state index contributed by atoms with van der Waals surface area (Å²) in [6.45, 7) is 14.7. The van der Waals surface area contributed by atoms with Gasteiger partial charge in [0.05, 0.1) is 16.1 Å². The van der Waals surface area contributed by atoms with Crippen LogP contribution >= 0.6 is 0 Å². The van der Waals surface area contributed by atoms with E-state index in [4.69, 9.17) is 8.83 Å². The SMILES string of the molecule is C[Si](C)(C)c1c(N(c2ccccc2)c2ccc3c(c2)oc2cc4cc5c(cc4cc23)oc2cc(N(c3ccccc3)c3ccc4ccccc4c3[Si](C)(C)C)ccc25)ccc2ccccc12. The third-order valence-corrected chi connectivity index (χ3v) is 17.4. The van der Waals surface area contributed by atoms with Crippen LogP contribution in [0.15, 0.2) is 203 Å². The maximum atomic E-state index is 6.81. The number of furan rings is 2. The summed E-state index contributed by atoms with van der Waals surface area (Å²) in [6, 6.07) is 70.6. The van der Waals surface area contributed by atoms with Gasteiger partial charge in [-0.1, -0.05) is 136 Å². The molecule has 0 spiro atoms. The summed E-state index contributed by atoms with van der Waals surface area (Å²) in [4.78, 5) is 4.83. The molecule has 12 rings (SSSR count). The molecule has 0 N–H and O–H groups in total. The van der Waals surface area contributed by atoms with Crippen molar-refractivity contribution in [2.45, 2.75) is 39.3 Å². The van der Waals surface area contributed by atoms with Gasteiger partial charge in [-0.15, -0.1) is 0 Å². The van der Waals surface area contributed by atoms with Gasteiger partial charge in [-0.2, -0.15) is 0 Å². The molecule has 0 saturated heterocycles. The van der Waals surface area contributed by atoms with Crippen molar-refractivity contribution in [3.8, 4) is 0 Å². The van der Waals surface area contributed by atoms with Crippen LogP contribution in [0.1, 0.15) is 0 Å². The zero-order valence-electron chi connectivity index (χ0n) is 38.2. The van der Waals surface area contributed by atoms with E-state index in [-0.39, 0.29) is 0 Å². The van der Waals surface area contributed by atoms with E-state index in [0.717, 1.165) is 77.4 Å². The number of rotatable bonds is 8. The number of para-hydroxylation sites is 2. The quantitative estimate of drug-likeness (QED) is 0.142. The second kappa shape index (κ2) is 15.1. The van der Waals surface area contributed by atoms with Gasteiger partial charge in [0.15, 0.2) is 0 Å². The first kappa shape index (κ1) is 40.1. The maximum Gasteiger partial charge on any atom is 0.137 e. The summed E-state index contributed by atoms with van der Waals surface area (Å²) in [5.41, 5.74) is 10.3. The lowest BCUT2D eigenvalue weighted by atomic mass is 10.0. The molecule has 0 atom stereocenters. The van der Waals surface area contributed by atoms with Crippen LogP contribution in [-0.2, 0) is 0 Å². The number of benzene rings is 10. The number of hydrogen-bond acceptors (Lipinski definition) is 4. The van der Waals surface area contributed by atoms with E-state index in [2.05, 4.69) is 243 Å². The smallest absolute Gasteiger partial charge is 0.137 e. The fourth-order valence-electron chi connectivity index (χ4n) is 10.5. The summed E-state index contributed by atoms with van der Waals surface area (Å²) in [6.07, 6.45) is 0. The Bertz CT molecular complexity index is 3610. The first-order valence-corrected chi connectivity index (χ1v) is 30.0. The van der Waals surface area contributed by atoms with E-state index in [0.29, 0.717) is 0 Å². The van der Waals surface area contributed by atoms with E-state index in [1.165, 1.54) is 43.3 Å². The molecule has 0 radical (unpaired) electrons. The Morgan fingerprint density at radius 3 is 1.08 bits per heavy atom. The van der Waals surface area contributed by atoms with Crippen LogP contribution in [0, 0.1) is 0 Å². The molecule has 2 heterocycles. The maximum absolute atomic E-state index is 6.81. The molecule has 0 saturated carbocycles. The summed E-state index contributed by atoms with van der Waals surface area (Å²) in [5, 5.41) is 14.7. The van der Waals surface area contributed by atoms with Crippen LogP contribution < -0.4 is 20.2 Å². The number of anilines is 6. The van der Waals surface area contributed by atoms with Gasteiger partial charge in [0.25, 0.3) is 0 Å². The second-order valence-corrected chi connectivity index (χ2v) is 29.8. The Morgan fingerprint density at radius 1 is 0.288 bits per heavy atom. The fourth-order valence-corrected chi connectivity index (χ4v) is 14.5. The van der Waals surface area contributed by atoms with Crippen molar-refractivity contribution in [2.75, 3.05) is 9.80 Å². The second-order valence-electron chi connectivity index (χ2n) is 19.8. The van der Waals surface area contributed by atoms with Gasteiger partial charge >= 0.3 is 0 Å². The van der Waals surface area contributed by atoms with Gasteiger partial charge < -0.3 is 18.6 Å². The highest BCUT2D eigenvalue weighted by atomic mass is 28.3. The molecule has 12 aromatic rings. The molecule has 0 aliphatic carbocycles. The minimum atomic E-state index is -1.84. The van der Waals surface area contributed by atoms with Gasteiger partial charge in [0.2, 0.25) is 0 Å². The molecule has 0 aliphatic rings. The Morgan fingerprint density at radius 2 is 0.667 bits per heavy atom.